The molecule has 1 aromatic heterocycles. The summed E-state index contributed by atoms with van der Waals surface area (Å²) in [5.74, 6) is 1.01. The van der Waals surface area contributed by atoms with Crippen molar-refractivity contribution in [2.75, 3.05) is 18.6 Å². The number of methoxy groups -OCH3 is 1. The Morgan fingerprint density at radius 3 is 2.95 bits per heavy atom. The molecule has 20 heavy (non-hydrogen) atoms. The van der Waals surface area contributed by atoms with Crippen molar-refractivity contribution < 1.29 is 4.74 Å². The van der Waals surface area contributed by atoms with Gasteiger partial charge in [-0.2, -0.15) is 0 Å². The highest BCUT2D eigenvalue weighted by Crippen LogP contribution is 2.34. The van der Waals surface area contributed by atoms with Gasteiger partial charge in [0, 0.05) is 36.7 Å². The van der Waals surface area contributed by atoms with Gasteiger partial charge in [0.15, 0.2) is 0 Å². The van der Waals surface area contributed by atoms with E-state index in [0.29, 0.717) is 0 Å². The second-order valence-corrected chi connectivity index (χ2v) is 5.20. The largest absolute Gasteiger partial charge is 0.496 e. The van der Waals surface area contributed by atoms with E-state index in [1.54, 1.807) is 7.11 Å². The van der Waals surface area contributed by atoms with Crippen molar-refractivity contribution in [3.05, 3.63) is 53.9 Å². The van der Waals surface area contributed by atoms with Crippen LogP contribution in [0.2, 0.25) is 0 Å². The Morgan fingerprint density at radius 1 is 1.20 bits per heavy atom. The zero-order valence-electron chi connectivity index (χ0n) is 11.9. The molecule has 0 bridgehead atoms. The molecule has 0 atom stereocenters. The fraction of sp³-hybridized carbons (Fsp3) is 0.353. The molecule has 1 aromatic carbocycles. The number of hydrogen-bond donors (Lipinski definition) is 0. The van der Waals surface area contributed by atoms with E-state index in [1.807, 2.05) is 18.5 Å². The zero-order chi connectivity index (χ0) is 13.8. The molecule has 2 heterocycles. The molecular formula is C17H20N2O. The first-order chi connectivity index (χ1) is 9.88. The third-order valence-corrected chi connectivity index (χ3v) is 3.87. The number of pyridine rings is 1. The molecule has 3 nitrogen and oxygen atoms in total. The van der Waals surface area contributed by atoms with Gasteiger partial charge in [-0.3, -0.25) is 4.98 Å². The topological polar surface area (TPSA) is 25.4 Å². The Hall–Kier alpha value is -2.03. The summed E-state index contributed by atoms with van der Waals surface area (Å²) in [6.07, 6.45) is 7.31. The lowest BCUT2D eigenvalue weighted by molar-refractivity contribution is 0.409. The molecule has 3 heteroatoms. The van der Waals surface area contributed by atoms with Crippen molar-refractivity contribution in [3.63, 3.8) is 0 Å². The van der Waals surface area contributed by atoms with E-state index in [4.69, 9.17) is 4.74 Å². The SMILES string of the molecule is COc1cccc2c1CCCCN2Cc1cccnc1. The molecule has 0 spiro atoms. The van der Waals surface area contributed by atoms with Gasteiger partial charge in [-0.05, 0) is 43.0 Å². The quantitative estimate of drug-likeness (QED) is 0.852. The smallest absolute Gasteiger partial charge is 0.124 e. The van der Waals surface area contributed by atoms with Gasteiger partial charge < -0.3 is 9.64 Å². The molecule has 0 fully saturated rings. The first-order valence-electron chi connectivity index (χ1n) is 7.18. The molecule has 104 valence electrons. The number of hydrogen-bond acceptors (Lipinski definition) is 3. The van der Waals surface area contributed by atoms with Crippen LogP contribution in [-0.4, -0.2) is 18.6 Å². The summed E-state index contributed by atoms with van der Waals surface area (Å²) >= 11 is 0. The van der Waals surface area contributed by atoms with Gasteiger partial charge in [-0.25, -0.2) is 0 Å². The third-order valence-electron chi connectivity index (χ3n) is 3.87. The molecule has 0 N–H and O–H groups in total. The summed E-state index contributed by atoms with van der Waals surface area (Å²) in [6, 6.07) is 10.5. The first-order valence-corrected chi connectivity index (χ1v) is 7.18. The minimum Gasteiger partial charge on any atom is -0.496 e. The maximum atomic E-state index is 5.53. The van der Waals surface area contributed by atoms with Gasteiger partial charge >= 0.3 is 0 Å². The molecule has 3 rings (SSSR count). The lowest BCUT2D eigenvalue weighted by atomic mass is 10.1. The molecule has 0 radical (unpaired) electrons. The molecule has 2 aromatic rings. The fourth-order valence-electron chi connectivity index (χ4n) is 2.89. The lowest BCUT2D eigenvalue weighted by Gasteiger charge is -2.25. The molecule has 0 amide bonds. The number of rotatable bonds is 3. The number of ether oxygens (including phenoxy) is 1. The van der Waals surface area contributed by atoms with Gasteiger partial charge in [0.2, 0.25) is 0 Å². The molecule has 1 aliphatic heterocycles. The maximum absolute atomic E-state index is 5.53. The van der Waals surface area contributed by atoms with Crippen LogP contribution in [0.1, 0.15) is 24.0 Å². The molecular weight excluding hydrogens is 248 g/mol. The standard InChI is InChI=1S/C17H20N2O/c1-20-17-9-4-8-16-15(17)7-2-3-11-19(16)13-14-6-5-10-18-12-14/h4-6,8-10,12H,2-3,7,11,13H2,1H3. The minimum absolute atomic E-state index is 0.911. The van der Waals surface area contributed by atoms with Crippen LogP contribution in [0.4, 0.5) is 5.69 Å². The van der Waals surface area contributed by atoms with Gasteiger partial charge in [0.25, 0.3) is 0 Å². The van der Waals surface area contributed by atoms with Crippen LogP contribution in [0, 0.1) is 0 Å². The summed E-state index contributed by atoms with van der Waals surface area (Å²) in [5.41, 5.74) is 3.91. The van der Waals surface area contributed by atoms with E-state index in [0.717, 1.165) is 25.3 Å². The van der Waals surface area contributed by atoms with Crippen LogP contribution in [0.5, 0.6) is 5.75 Å². The monoisotopic (exact) mass is 268 g/mol. The van der Waals surface area contributed by atoms with Crippen molar-refractivity contribution in [1.82, 2.24) is 4.98 Å². The molecule has 0 saturated carbocycles. The normalized spacial score (nSPS) is 14.6. The Kier molecular flexibility index (Phi) is 3.86. The van der Waals surface area contributed by atoms with Crippen molar-refractivity contribution in [1.29, 1.82) is 0 Å². The van der Waals surface area contributed by atoms with Gasteiger partial charge in [0.1, 0.15) is 5.75 Å². The van der Waals surface area contributed by atoms with Crippen LogP contribution in [0.15, 0.2) is 42.7 Å². The summed E-state index contributed by atoms with van der Waals surface area (Å²) < 4.78 is 5.53. The zero-order valence-corrected chi connectivity index (χ0v) is 11.9. The van der Waals surface area contributed by atoms with Crippen LogP contribution in [-0.2, 0) is 13.0 Å². The first kappa shape index (κ1) is 13.0. The number of nitrogens with zero attached hydrogens (tertiary/aromatic N) is 2. The van der Waals surface area contributed by atoms with Gasteiger partial charge in [0.05, 0.1) is 7.11 Å². The van der Waals surface area contributed by atoms with E-state index in [9.17, 15) is 0 Å². The number of anilines is 1. The van der Waals surface area contributed by atoms with E-state index < -0.39 is 0 Å². The van der Waals surface area contributed by atoms with Crippen LogP contribution in [0.25, 0.3) is 0 Å². The highest BCUT2D eigenvalue weighted by atomic mass is 16.5. The molecule has 1 aliphatic rings. The summed E-state index contributed by atoms with van der Waals surface area (Å²) in [4.78, 5) is 6.66. The van der Waals surface area contributed by atoms with E-state index >= 15 is 0 Å². The Balaban J connectivity index is 1.93. The van der Waals surface area contributed by atoms with E-state index in [1.165, 1.54) is 29.7 Å². The van der Waals surface area contributed by atoms with Crippen LogP contribution in [0.3, 0.4) is 0 Å². The van der Waals surface area contributed by atoms with E-state index in [-0.39, 0.29) is 0 Å². The van der Waals surface area contributed by atoms with Gasteiger partial charge in [-0.15, -0.1) is 0 Å². The summed E-state index contributed by atoms with van der Waals surface area (Å²) in [6.45, 7) is 2.00. The van der Waals surface area contributed by atoms with Crippen molar-refractivity contribution >= 4 is 5.69 Å². The maximum Gasteiger partial charge on any atom is 0.124 e. The second-order valence-electron chi connectivity index (χ2n) is 5.20. The predicted molar refractivity (Wildman–Crippen MR) is 81.2 cm³/mol. The second kappa shape index (κ2) is 5.95. The predicted octanol–water partition coefficient (Wildman–Crippen LogP) is 3.43. The van der Waals surface area contributed by atoms with Crippen molar-refractivity contribution in [3.8, 4) is 5.75 Å². The average Bonchev–Trinajstić information content (AvgIpc) is 2.71. The highest BCUT2D eigenvalue weighted by molar-refractivity contribution is 5.60. The highest BCUT2D eigenvalue weighted by Gasteiger charge is 2.18. The van der Waals surface area contributed by atoms with Crippen LogP contribution >= 0.6 is 0 Å². The Bertz CT molecular complexity index is 568. The molecule has 0 unspecified atom stereocenters. The van der Waals surface area contributed by atoms with Crippen molar-refractivity contribution in [2.24, 2.45) is 0 Å². The summed E-state index contributed by atoms with van der Waals surface area (Å²) in [7, 11) is 1.76. The number of fused-ring (bicyclic) bond motifs is 1. The number of aromatic nitrogens is 1. The number of benzene rings is 1. The molecule has 0 saturated heterocycles. The minimum atomic E-state index is 0.911. The lowest BCUT2D eigenvalue weighted by Crippen LogP contribution is -2.23. The van der Waals surface area contributed by atoms with Gasteiger partial charge in [-0.1, -0.05) is 12.1 Å². The Morgan fingerprint density at radius 2 is 2.15 bits per heavy atom. The molecule has 0 aliphatic carbocycles. The fourth-order valence-corrected chi connectivity index (χ4v) is 2.89. The summed E-state index contributed by atoms with van der Waals surface area (Å²) in [5, 5.41) is 0. The van der Waals surface area contributed by atoms with E-state index in [2.05, 4.69) is 34.1 Å². The van der Waals surface area contributed by atoms with Crippen molar-refractivity contribution in [2.45, 2.75) is 25.8 Å². The van der Waals surface area contributed by atoms with Crippen LogP contribution < -0.4 is 9.64 Å². The average molecular weight is 268 g/mol. The Labute approximate surface area is 120 Å². The third kappa shape index (κ3) is 2.62.